The second kappa shape index (κ2) is 3.80. The zero-order chi connectivity index (χ0) is 11.8. The van der Waals surface area contributed by atoms with Gasteiger partial charge in [-0.2, -0.15) is 0 Å². The molecule has 0 aromatic carbocycles. The average molecular weight is 280 g/mol. The van der Waals surface area contributed by atoms with E-state index in [2.05, 4.69) is 31.8 Å². The van der Waals surface area contributed by atoms with Crippen LogP contribution in [0.25, 0.3) is 5.65 Å². The zero-order valence-electron chi connectivity index (χ0n) is 8.94. The first-order valence-corrected chi connectivity index (χ1v) is 5.47. The molecule has 0 aliphatic rings. The molecule has 0 atom stereocenters. The molecular formula is C11H10BrN3O. The van der Waals surface area contributed by atoms with E-state index < -0.39 is 5.60 Å². The van der Waals surface area contributed by atoms with Crippen LogP contribution in [0.1, 0.15) is 13.8 Å². The van der Waals surface area contributed by atoms with Crippen molar-refractivity contribution in [3.63, 3.8) is 0 Å². The SMILES string of the molecule is C#CC(C)(C)Oc1nc(Br)cn2ccnc12. The molecule has 4 nitrogen and oxygen atoms in total. The van der Waals surface area contributed by atoms with Crippen molar-refractivity contribution in [2.45, 2.75) is 19.4 Å². The average Bonchev–Trinajstić information content (AvgIpc) is 2.65. The molecule has 0 spiro atoms. The number of rotatable bonds is 2. The van der Waals surface area contributed by atoms with Crippen LogP contribution in [0, 0.1) is 12.3 Å². The summed E-state index contributed by atoms with van der Waals surface area (Å²) in [6.45, 7) is 3.60. The molecule has 0 aliphatic heterocycles. The van der Waals surface area contributed by atoms with Gasteiger partial charge in [0.2, 0.25) is 5.65 Å². The van der Waals surface area contributed by atoms with Crippen molar-refractivity contribution in [1.29, 1.82) is 0 Å². The minimum Gasteiger partial charge on any atom is -0.456 e. The highest BCUT2D eigenvalue weighted by Gasteiger charge is 2.19. The molecule has 2 aromatic rings. The van der Waals surface area contributed by atoms with Crippen molar-refractivity contribution in [2.75, 3.05) is 0 Å². The third-order valence-electron chi connectivity index (χ3n) is 2.01. The van der Waals surface area contributed by atoms with E-state index in [1.807, 2.05) is 10.6 Å². The second-order valence-corrected chi connectivity index (χ2v) is 4.60. The Morgan fingerprint density at radius 1 is 1.56 bits per heavy atom. The van der Waals surface area contributed by atoms with Gasteiger partial charge in [-0.1, -0.05) is 5.92 Å². The summed E-state index contributed by atoms with van der Waals surface area (Å²) in [7, 11) is 0. The fourth-order valence-corrected chi connectivity index (χ4v) is 1.59. The maximum absolute atomic E-state index is 5.64. The number of fused-ring (bicyclic) bond motifs is 1. The second-order valence-electron chi connectivity index (χ2n) is 3.78. The highest BCUT2D eigenvalue weighted by molar-refractivity contribution is 9.10. The smallest absolute Gasteiger partial charge is 0.260 e. The fraction of sp³-hybridized carbons (Fsp3) is 0.273. The summed E-state index contributed by atoms with van der Waals surface area (Å²) in [5, 5.41) is 0. The summed E-state index contributed by atoms with van der Waals surface area (Å²) in [4.78, 5) is 8.39. The number of halogens is 1. The van der Waals surface area contributed by atoms with E-state index >= 15 is 0 Å². The van der Waals surface area contributed by atoms with Gasteiger partial charge in [0, 0.05) is 18.6 Å². The summed E-state index contributed by atoms with van der Waals surface area (Å²) in [6.07, 6.45) is 10.7. The number of nitrogens with zero attached hydrogens (tertiary/aromatic N) is 3. The van der Waals surface area contributed by atoms with Gasteiger partial charge in [0.25, 0.3) is 5.88 Å². The van der Waals surface area contributed by atoms with Crippen LogP contribution in [-0.2, 0) is 0 Å². The third-order valence-corrected chi connectivity index (χ3v) is 2.40. The molecule has 5 heteroatoms. The van der Waals surface area contributed by atoms with Crippen LogP contribution in [0.3, 0.4) is 0 Å². The van der Waals surface area contributed by atoms with E-state index in [9.17, 15) is 0 Å². The van der Waals surface area contributed by atoms with E-state index in [1.165, 1.54) is 0 Å². The predicted octanol–water partition coefficient (Wildman–Crippen LogP) is 2.28. The summed E-state index contributed by atoms with van der Waals surface area (Å²) in [5.74, 6) is 2.97. The summed E-state index contributed by atoms with van der Waals surface area (Å²) < 4.78 is 8.13. The third kappa shape index (κ3) is 2.02. The van der Waals surface area contributed by atoms with Crippen molar-refractivity contribution < 1.29 is 4.74 Å². The van der Waals surface area contributed by atoms with Crippen LogP contribution < -0.4 is 4.74 Å². The summed E-state index contributed by atoms with van der Waals surface area (Å²) >= 11 is 3.31. The van der Waals surface area contributed by atoms with Crippen molar-refractivity contribution in [3.05, 3.63) is 23.2 Å². The van der Waals surface area contributed by atoms with Gasteiger partial charge >= 0.3 is 0 Å². The van der Waals surface area contributed by atoms with E-state index in [0.717, 1.165) is 0 Å². The topological polar surface area (TPSA) is 39.4 Å². The minimum absolute atomic E-state index is 0.419. The van der Waals surface area contributed by atoms with Gasteiger partial charge in [-0.3, -0.25) is 4.40 Å². The maximum Gasteiger partial charge on any atom is 0.260 e. The first-order valence-electron chi connectivity index (χ1n) is 4.68. The van der Waals surface area contributed by atoms with Crippen molar-refractivity contribution >= 4 is 21.6 Å². The van der Waals surface area contributed by atoms with Crippen molar-refractivity contribution in [3.8, 4) is 18.2 Å². The number of hydrogen-bond donors (Lipinski definition) is 0. The number of ether oxygens (including phenoxy) is 1. The highest BCUT2D eigenvalue weighted by Crippen LogP contribution is 2.22. The lowest BCUT2D eigenvalue weighted by molar-refractivity contribution is 0.166. The van der Waals surface area contributed by atoms with Crippen LogP contribution in [0.4, 0.5) is 0 Å². The Bertz CT molecular complexity index is 568. The Kier molecular flexibility index (Phi) is 2.60. The van der Waals surface area contributed by atoms with Crippen molar-refractivity contribution in [2.24, 2.45) is 0 Å². The first kappa shape index (κ1) is 11.0. The highest BCUT2D eigenvalue weighted by atomic mass is 79.9. The molecule has 0 bridgehead atoms. The van der Waals surface area contributed by atoms with Crippen LogP contribution in [-0.4, -0.2) is 20.0 Å². The van der Waals surface area contributed by atoms with Gasteiger partial charge in [-0.05, 0) is 29.8 Å². The van der Waals surface area contributed by atoms with Crippen LogP contribution in [0.2, 0.25) is 0 Å². The molecule has 0 amide bonds. The zero-order valence-corrected chi connectivity index (χ0v) is 10.5. The van der Waals surface area contributed by atoms with Gasteiger partial charge in [-0.25, -0.2) is 9.97 Å². The van der Waals surface area contributed by atoms with Gasteiger partial charge in [0.15, 0.2) is 5.60 Å². The summed E-state index contributed by atoms with van der Waals surface area (Å²) in [6, 6.07) is 0. The molecule has 2 aromatic heterocycles. The number of imidazole rings is 1. The Hall–Kier alpha value is -1.54. The van der Waals surface area contributed by atoms with E-state index in [1.54, 1.807) is 26.2 Å². The van der Waals surface area contributed by atoms with Gasteiger partial charge < -0.3 is 4.74 Å². The number of aromatic nitrogens is 3. The molecule has 0 fully saturated rings. The maximum atomic E-state index is 5.64. The van der Waals surface area contributed by atoms with Crippen LogP contribution >= 0.6 is 15.9 Å². The molecule has 0 saturated carbocycles. The summed E-state index contributed by atoms with van der Waals surface area (Å²) in [5.41, 5.74) is -0.0632. The molecule has 0 unspecified atom stereocenters. The standard InChI is InChI=1S/C11H10BrN3O/c1-4-11(2,3)16-10-9-13-5-6-15(9)7-8(12)14-10/h1,5-7H,2-3H3. The molecular weight excluding hydrogens is 270 g/mol. The lowest BCUT2D eigenvalue weighted by atomic mass is 10.1. The van der Waals surface area contributed by atoms with Gasteiger partial charge in [0.1, 0.15) is 4.60 Å². The molecule has 0 aliphatic carbocycles. The molecule has 16 heavy (non-hydrogen) atoms. The Morgan fingerprint density at radius 2 is 2.31 bits per heavy atom. The van der Waals surface area contributed by atoms with E-state index in [0.29, 0.717) is 16.1 Å². The molecule has 2 heterocycles. The van der Waals surface area contributed by atoms with E-state index in [4.69, 9.17) is 11.2 Å². The van der Waals surface area contributed by atoms with Crippen LogP contribution in [0.15, 0.2) is 23.2 Å². The monoisotopic (exact) mass is 279 g/mol. The van der Waals surface area contributed by atoms with Crippen LogP contribution in [0.5, 0.6) is 5.88 Å². The van der Waals surface area contributed by atoms with Crippen molar-refractivity contribution in [1.82, 2.24) is 14.4 Å². The normalized spacial score (nSPS) is 11.4. The number of terminal acetylenes is 1. The Balaban J connectivity index is 2.52. The quantitative estimate of drug-likeness (QED) is 0.792. The molecule has 0 saturated heterocycles. The van der Waals surface area contributed by atoms with Gasteiger partial charge in [-0.15, -0.1) is 6.42 Å². The predicted molar refractivity (Wildman–Crippen MR) is 64.2 cm³/mol. The lowest BCUT2D eigenvalue weighted by Gasteiger charge is -2.19. The Morgan fingerprint density at radius 3 is 3.00 bits per heavy atom. The fourth-order valence-electron chi connectivity index (χ4n) is 1.21. The minimum atomic E-state index is -0.708. The first-order chi connectivity index (χ1) is 7.52. The molecule has 0 radical (unpaired) electrons. The number of hydrogen-bond acceptors (Lipinski definition) is 3. The largest absolute Gasteiger partial charge is 0.456 e. The molecule has 82 valence electrons. The van der Waals surface area contributed by atoms with Gasteiger partial charge in [0.05, 0.1) is 0 Å². The lowest BCUT2D eigenvalue weighted by Crippen LogP contribution is -2.26. The Labute approximate surface area is 102 Å². The van der Waals surface area contributed by atoms with E-state index in [-0.39, 0.29) is 0 Å². The molecule has 2 rings (SSSR count). The molecule has 0 N–H and O–H groups in total.